The Morgan fingerprint density at radius 1 is 1.06 bits per heavy atom. The van der Waals surface area contributed by atoms with Crippen molar-refractivity contribution in [3.63, 3.8) is 0 Å². The first-order valence-electron chi connectivity index (χ1n) is 9.49. The molecule has 1 amide bonds. The zero-order valence-corrected chi connectivity index (χ0v) is 18.2. The van der Waals surface area contributed by atoms with Gasteiger partial charge in [0.15, 0.2) is 11.5 Å². The number of nitrogens with zero attached hydrogens (tertiary/aromatic N) is 2. The van der Waals surface area contributed by atoms with E-state index in [1.165, 1.54) is 5.56 Å². The highest BCUT2D eigenvalue weighted by Gasteiger charge is 2.14. The van der Waals surface area contributed by atoms with Gasteiger partial charge >= 0.3 is 0 Å². The summed E-state index contributed by atoms with van der Waals surface area (Å²) in [5.41, 5.74) is 8.81. The molecule has 0 fully saturated rings. The fourth-order valence-electron chi connectivity index (χ4n) is 2.72. The third-order valence-electron chi connectivity index (χ3n) is 4.39. The Hall–Kier alpha value is -3.30. The lowest BCUT2D eigenvalue weighted by Crippen LogP contribution is -2.32. The van der Waals surface area contributed by atoms with Gasteiger partial charge in [-0.05, 0) is 40.5 Å². The van der Waals surface area contributed by atoms with Gasteiger partial charge in [0.1, 0.15) is 6.61 Å². The van der Waals surface area contributed by atoms with Crippen LogP contribution in [0.5, 0.6) is 11.5 Å². The van der Waals surface area contributed by atoms with Crippen LogP contribution in [0.2, 0.25) is 0 Å². The number of benzene rings is 2. The molecule has 0 aliphatic heterocycles. The number of ether oxygens (including phenoxy) is 2. The van der Waals surface area contributed by atoms with Crippen molar-refractivity contribution in [1.82, 2.24) is 20.9 Å². The Labute approximate surface area is 186 Å². The molecule has 0 unspecified atom stereocenters. The van der Waals surface area contributed by atoms with Gasteiger partial charge in [-0.2, -0.15) is 0 Å². The van der Waals surface area contributed by atoms with E-state index in [1.54, 1.807) is 7.11 Å². The number of hydrogen-bond donors (Lipinski definition) is 3. The highest BCUT2D eigenvalue weighted by molar-refractivity contribution is 5.95. The van der Waals surface area contributed by atoms with E-state index in [9.17, 15) is 4.79 Å². The first kappa shape index (κ1) is 24.0. The first-order valence-corrected chi connectivity index (χ1v) is 9.49. The summed E-state index contributed by atoms with van der Waals surface area (Å²) in [6.45, 7) is 4.10. The summed E-state index contributed by atoms with van der Waals surface area (Å²) >= 11 is 0. The van der Waals surface area contributed by atoms with Crippen LogP contribution >= 0.6 is 12.4 Å². The number of nitrogens with two attached hydrogens (primary N) is 1. The number of methoxy groups -OCH3 is 1. The van der Waals surface area contributed by atoms with Crippen LogP contribution in [0.1, 0.15) is 27.2 Å². The summed E-state index contributed by atoms with van der Waals surface area (Å²) in [4.78, 5) is 11.8. The average molecular weight is 448 g/mol. The van der Waals surface area contributed by atoms with Crippen molar-refractivity contribution in [2.75, 3.05) is 25.9 Å². The van der Waals surface area contributed by atoms with Crippen LogP contribution in [-0.4, -0.2) is 36.4 Å². The molecule has 0 saturated heterocycles. The highest BCUT2D eigenvalue weighted by Crippen LogP contribution is 2.28. The van der Waals surface area contributed by atoms with Gasteiger partial charge in [0.25, 0.3) is 5.91 Å². The molecule has 0 radical (unpaired) electrons. The molecule has 3 aromatic rings. The number of nitrogen functional groups attached to an aromatic ring is 1. The van der Waals surface area contributed by atoms with Crippen molar-refractivity contribution in [2.24, 2.45) is 0 Å². The van der Waals surface area contributed by atoms with Crippen LogP contribution in [-0.2, 0) is 13.2 Å². The molecule has 31 heavy (non-hydrogen) atoms. The predicted octanol–water partition coefficient (Wildman–Crippen LogP) is 2.49. The minimum atomic E-state index is -0.424. The standard InChI is InChI=1S/C21H25N5O4.ClH/c1-14-3-5-15(6-4-14)13-29-17-8-7-16(11-18(17)28-2)12-23-9-10-24-21(27)19-20(22)26-30-25-19;/h3-8,11,23H,9-10,12-13H2,1-2H3,(H2,22,26)(H,24,27);1H. The van der Waals surface area contributed by atoms with Crippen molar-refractivity contribution < 1.29 is 18.9 Å². The van der Waals surface area contributed by atoms with E-state index in [0.717, 1.165) is 11.1 Å². The van der Waals surface area contributed by atoms with Crippen molar-refractivity contribution in [2.45, 2.75) is 20.1 Å². The summed E-state index contributed by atoms with van der Waals surface area (Å²) in [5, 5.41) is 12.8. The molecular formula is C21H26ClN5O4. The second-order valence-corrected chi connectivity index (χ2v) is 6.69. The van der Waals surface area contributed by atoms with Crippen molar-refractivity contribution >= 4 is 24.1 Å². The predicted molar refractivity (Wildman–Crippen MR) is 119 cm³/mol. The minimum Gasteiger partial charge on any atom is -0.493 e. The largest absolute Gasteiger partial charge is 0.493 e. The molecule has 0 bridgehead atoms. The molecule has 0 atom stereocenters. The summed E-state index contributed by atoms with van der Waals surface area (Å²) in [6.07, 6.45) is 0. The Bertz CT molecular complexity index is 978. The molecule has 0 saturated carbocycles. The molecule has 0 aliphatic rings. The molecule has 3 rings (SSSR count). The fraction of sp³-hybridized carbons (Fsp3) is 0.286. The number of anilines is 1. The van der Waals surface area contributed by atoms with E-state index in [1.807, 2.05) is 30.3 Å². The lowest BCUT2D eigenvalue weighted by atomic mass is 10.1. The summed E-state index contributed by atoms with van der Waals surface area (Å²) < 4.78 is 15.8. The zero-order valence-electron chi connectivity index (χ0n) is 17.4. The highest BCUT2D eigenvalue weighted by atomic mass is 35.5. The molecule has 166 valence electrons. The number of nitrogens with one attached hydrogen (secondary N) is 2. The third kappa shape index (κ3) is 6.87. The van der Waals surface area contributed by atoms with Crippen LogP contribution in [0.15, 0.2) is 47.1 Å². The third-order valence-corrected chi connectivity index (χ3v) is 4.39. The van der Waals surface area contributed by atoms with Crippen LogP contribution in [0.25, 0.3) is 0 Å². The van der Waals surface area contributed by atoms with Crippen molar-refractivity contribution in [3.8, 4) is 11.5 Å². The van der Waals surface area contributed by atoms with E-state index in [4.69, 9.17) is 15.2 Å². The molecule has 1 heterocycles. The van der Waals surface area contributed by atoms with E-state index in [0.29, 0.717) is 37.7 Å². The van der Waals surface area contributed by atoms with Crippen molar-refractivity contribution in [1.29, 1.82) is 0 Å². The van der Waals surface area contributed by atoms with E-state index < -0.39 is 5.91 Å². The Morgan fingerprint density at radius 2 is 1.81 bits per heavy atom. The number of carbonyl (C=O) groups is 1. The van der Waals surface area contributed by atoms with Gasteiger partial charge in [-0.1, -0.05) is 35.9 Å². The molecule has 9 nitrogen and oxygen atoms in total. The number of aryl methyl sites for hydroxylation is 1. The molecular weight excluding hydrogens is 422 g/mol. The molecule has 10 heteroatoms. The van der Waals surface area contributed by atoms with Gasteiger partial charge in [0, 0.05) is 19.6 Å². The van der Waals surface area contributed by atoms with E-state index >= 15 is 0 Å². The normalized spacial score (nSPS) is 10.3. The van der Waals surface area contributed by atoms with Crippen LogP contribution in [0.3, 0.4) is 0 Å². The first-order chi connectivity index (χ1) is 14.6. The number of rotatable bonds is 10. The van der Waals surface area contributed by atoms with Gasteiger partial charge in [0.05, 0.1) is 7.11 Å². The fourth-order valence-corrected chi connectivity index (χ4v) is 2.72. The van der Waals surface area contributed by atoms with E-state index in [2.05, 4.69) is 44.6 Å². The van der Waals surface area contributed by atoms with E-state index in [-0.39, 0.29) is 23.9 Å². The number of carbonyl (C=O) groups excluding carboxylic acids is 1. The number of amides is 1. The maximum absolute atomic E-state index is 11.8. The second-order valence-electron chi connectivity index (χ2n) is 6.69. The monoisotopic (exact) mass is 447 g/mol. The van der Waals surface area contributed by atoms with Crippen LogP contribution in [0, 0.1) is 6.92 Å². The maximum Gasteiger partial charge on any atom is 0.277 e. The van der Waals surface area contributed by atoms with Gasteiger partial charge in [0.2, 0.25) is 11.5 Å². The lowest BCUT2D eigenvalue weighted by molar-refractivity contribution is 0.0944. The average Bonchev–Trinajstić information content (AvgIpc) is 3.19. The summed E-state index contributed by atoms with van der Waals surface area (Å²) in [5.74, 6) is 0.904. The number of aromatic nitrogens is 2. The van der Waals surface area contributed by atoms with Gasteiger partial charge < -0.3 is 25.8 Å². The van der Waals surface area contributed by atoms with Gasteiger partial charge in [-0.15, -0.1) is 12.4 Å². The topological polar surface area (TPSA) is 125 Å². The van der Waals surface area contributed by atoms with Crippen LogP contribution in [0.4, 0.5) is 5.82 Å². The molecule has 0 spiro atoms. The lowest BCUT2D eigenvalue weighted by Gasteiger charge is -2.13. The summed E-state index contributed by atoms with van der Waals surface area (Å²) in [7, 11) is 1.62. The molecule has 2 aromatic carbocycles. The molecule has 1 aromatic heterocycles. The second kappa shape index (κ2) is 11.8. The number of hydrogen-bond acceptors (Lipinski definition) is 8. The quantitative estimate of drug-likeness (QED) is 0.405. The Balaban J connectivity index is 0.00000341. The maximum atomic E-state index is 11.8. The smallest absolute Gasteiger partial charge is 0.277 e. The molecule has 4 N–H and O–H groups in total. The SMILES string of the molecule is COc1cc(CNCCNC(=O)c2nonc2N)ccc1OCc1ccc(C)cc1.Cl. The van der Waals surface area contributed by atoms with Crippen molar-refractivity contribution in [3.05, 3.63) is 64.8 Å². The zero-order chi connectivity index (χ0) is 21.3. The Morgan fingerprint density at radius 3 is 2.48 bits per heavy atom. The molecule has 0 aliphatic carbocycles. The Kier molecular flexibility index (Phi) is 9.11. The van der Waals surface area contributed by atoms with Crippen LogP contribution < -0.4 is 25.8 Å². The number of halogens is 1. The summed E-state index contributed by atoms with van der Waals surface area (Å²) in [6, 6.07) is 14.0. The minimum absolute atomic E-state index is 0. The van der Waals surface area contributed by atoms with Gasteiger partial charge in [-0.25, -0.2) is 4.63 Å². The van der Waals surface area contributed by atoms with Gasteiger partial charge in [-0.3, -0.25) is 4.79 Å².